The Balaban J connectivity index is 2.44. The van der Waals surface area contributed by atoms with Crippen molar-refractivity contribution < 1.29 is 0 Å². The lowest BCUT2D eigenvalue weighted by atomic mass is 9.85. The molecule has 0 unspecified atom stereocenters. The summed E-state index contributed by atoms with van der Waals surface area (Å²) >= 11 is 5.81. The maximum Gasteiger partial charge on any atom is 0.153 e. The van der Waals surface area contributed by atoms with E-state index in [1.165, 1.54) is 6.21 Å². The van der Waals surface area contributed by atoms with Gasteiger partial charge in [-0.1, -0.05) is 23.7 Å². The third-order valence-electron chi connectivity index (χ3n) is 3.11. The van der Waals surface area contributed by atoms with Crippen LogP contribution in [0.1, 0.15) is 25.0 Å². The van der Waals surface area contributed by atoms with Crippen LogP contribution in [0.2, 0.25) is 5.15 Å². The topological polar surface area (TPSA) is 85.5 Å². The van der Waals surface area contributed by atoms with Crippen molar-refractivity contribution in [2.75, 3.05) is 5.32 Å². The Kier molecular flexibility index (Phi) is 4.20. The highest BCUT2D eigenvalue weighted by molar-refractivity contribution is 6.29. The van der Waals surface area contributed by atoms with Crippen molar-refractivity contribution in [3.8, 4) is 6.07 Å². The zero-order valence-corrected chi connectivity index (χ0v) is 12.4. The van der Waals surface area contributed by atoms with Crippen molar-refractivity contribution in [1.29, 1.82) is 10.7 Å². The van der Waals surface area contributed by atoms with E-state index in [-0.39, 0.29) is 5.15 Å². The standard InChI is InChI=1S/C15H14ClN5/c1-15(2,9-18)11-4-3-10(7-17)13(5-11)20-12-6-14(16)21-19-8-12/h3-8,17H,1-2H3,(H,20,21). The zero-order valence-electron chi connectivity index (χ0n) is 11.7. The molecule has 0 bridgehead atoms. The van der Waals surface area contributed by atoms with E-state index in [2.05, 4.69) is 21.6 Å². The van der Waals surface area contributed by atoms with Crippen LogP contribution in [0.5, 0.6) is 0 Å². The van der Waals surface area contributed by atoms with Crippen molar-refractivity contribution in [3.05, 3.63) is 46.7 Å². The van der Waals surface area contributed by atoms with Crippen LogP contribution in [0, 0.1) is 16.7 Å². The number of benzene rings is 1. The SMILES string of the molecule is CC(C)(C#N)c1ccc(C=N)c(Nc2cnnc(Cl)c2)c1. The van der Waals surface area contributed by atoms with Crippen LogP contribution in [0.15, 0.2) is 30.5 Å². The maximum atomic E-state index is 9.24. The smallest absolute Gasteiger partial charge is 0.153 e. The van der Waals surface area contributed by atoms with Crippen LogP contribution in [0.25, 0.3) is 0 Å². The highest BCUT2D eigenvalue weighted by Crippen LogP contribution is 2.28. The number of nitrogens with zero attached hydrogens (tertiary/aromatic N) is 3. The lowest BCUT2D eigenvalue weighted by Crippen LogP contribution is -2.14. The predicted octanol–water partition coefficient (Wildman–Crippen LogP) is 3.67. The molecule has 0 amide bonds. The first-order valence-corrected chi connectivity index (χ1v) is 6.65. The number of anilines is 2. The summed E-state index contributed by atoms with van der Waals surface area (Å²) in [6.07, 6.45) is 2.80. The normalized spacial score (nSPS) is 10.8. The molecule has 0 saturated carbocycles. The summed E-state index contributed by atoms with van der Waals surface area (Å²) in [4.78, 5) is 0. The van der Waals surface area contributed by atoms with E-state index in [0.717, 1.165) is 11.3 Å². The first kappa shape index (κ1) is 14.9. The number of nitrogens with one attached hydrogen (secondary N) is 2. The fourth-order valence-corrected chi connectivity index (χ4v) is 1.97. The van der Waals surface area contributed by atoms with Gasteiger partial charge in [-0.3, -0.25) is 0 Å². The van der Waals surface area contributed by atoms with E-state index in [4.69, 9.17) is 17.0 Å². The fraction of sp³-hybridized carbons (Fsp3) is 0.200. The summed E-state index contributed by atoms with van der Waals surface area (Å²) in [7, 11) is 0. The third-order valence-corrected chi connectivity index (χ3v) is 3.30. The molecule has 1 aromatic carbocycles. The molecule has 2 N–H and O–H groups in total. The second kappa shape index (κ2) is 5.90. The second-order valence-corrected chi connectivity index (χ2v) is 5.46. The summed E-state index contributed by atoms with van der Waals surface area (Å²) in [6.45, 7) is 3.70. The molecule has 21 heavy (non-hydrogen) atoms. The van der Waals surface area contributed by atoms with Crippen LogP contribution in [-0.2, 0) is 5.41 Å². The zero-order chi connectivity index (χ0) is 15.5. The van der Waals surface area contributed by atoms with Crippen LogP contribution in [0.4, 0.5) is 11.4 Å². The second-order valence-electron chi connectivity index (χ2n) is 5.08. The molecule has 2 rings (SSSR count). The van der Waals surface area contributed by atoms with Crippen molar-refractivity contribution in [1.82, 2.24) is 10.2 Å². The quantitative estimate of drug-likeness (QED) is 0.843. The minimum Gasteiger partial charge on any atom is -0.354 e. The van der Waals surface area contributed by atoms with Crippen LogP contribution >= 0.6 is 11.6 Å². The number of aromatic nitrogens is 2. The van der Waals surface area contributed by atoms with Gasteiger partial charge in [-0.2, -0.15) is 10.4 Å². The summed E-state index contributed by atoms with van der Waals surface area (Å²) in [5.74, 6) is 0. The summed E-state index contributed by atoms with van der Waals surface area (Å²) in [6, 6.07) is 9.43. The summed E-state index contributed by atoms with van der Waals surface area (Å²) in [5.41, 5.74) is 2.36. The molecule has 106 valence electrons. The summed E-state index contributed by atoms with van der Waals surface area (Å²) in [5, 5.41) is 27.6. The fourth-order valence-electron chi connectivity index (χ4n) is 1.81. The van der Waals surface area contributed by atoms with E-state index in [9.17, 15) is 5.26 Å². The molecule has 0 radical (unpaired) electrons. The molecular weight excluding hydrogens is 286 g/mol. The molecule has 0 saturated heterocycles. The molecule has 0 aliphatic carbocycles. The Morgan fingerprint density at radius 3 is 2.76 bits per heavy atom. The maximum absolute atomic E-state index is 9.24. The monoisotopic (exact) mass is 299 g/mol. The van der Waals surface area contributed by atoms with E-state index in [1.54, 1.807) is 18.3 Å². The van der Waals surface area contributed by atoms with Gasteiger partial charge in [-0.15, -0.1) is 5.10 Å². The lowest BCUT2D eigenvalue weighted by Gasteiger charge is -2.18. The minimum absolute atomic E-state index is 0.282. The van der Waals surface area contributed by atoms with Gasteiger partial charge >= 0.3 is 0 Å². The van der Waals surface area contributed by atoms with Crippen molar-refractivity contribution in [3.63, 3.8) is 0 Å². The van der Waals surface area contributed by atoms with Gasteiger partial charge in [0.15, 0.2) is 5.15 Å². The van der Waals surface area contributed by atoms with E-state index >= 15 is 0 Å². The number of hydrogen-bond acceptors (Lipinski definition) is 5. The molecule has 1 aromatic heterocycles. The van der Waals surface area contributed by atoms with E-state index in [1.807, 2.05) is 26.0 Å². The van der Waals surface area contributed by atoms with Gasteiger partial charge in [-0.25, -0.2) is 0 Å². The van der Waals surface area contributed by atoms with Gasteiger partial charge in [0.1, 0.15) is 0 Å². The number of nitriles is 1. The highest BCUT2D eigenvalue weighted by Gasteiger charge is 2.20. The summed E-state index contributed by atoms with van der Waals surface area (Å²) < 4.78 is 0. The van der Waals surface area contributed by atoms with Crippen LogP contribution in [-0.4, -0.2) is 16.4 Å². The van der Waals surface area contributed by atoms with Gasteiger partial charge < -0.3 is 10.7 Å². The molecule has 6 heteroatoms. The molecule has 0 aliphatic heterocycles. The van der Waals surface area contributed by atoms with Crippen molar-refractivity contribution >= 4 is 29.2 Å². The number of hydrogen-bond donors (Lipinski definition) is 2. The van der Waals surface area contributed by atoms with Crippen LogP contribution < -0.4 is 5.32 Å². The molecule has 0 aliphatic rings. The average Bonchev–Trinajstić information content (AvgIpc) is 2.47. The first-order valence-electron chi connectivity index (χ1n) is 6.28. The van der Waals surface area contributed by atoms with Crippen molar-refractivity contribution in [2.24, 2.45) is 0 Å². The van der Waals surface area contributed by atoms with Gasteiger partial charge in [0, 0.05) is 23.5 Å². The Hall–Kier alpha value is -2.45. The molecule has 1 heterocycles. The Bertz CT molecular complexity index is 718. The average molecular weight is 300 g/mol. The number of rotatable bonds is 4. The van der Waals surface area contributed by atoms with Gasteiger partial charge in [0.2, 0.25) is 0 Å². The lowest BCUT2D eigenvalue weighted by molar-refractivity contribution is 0.687. The van der Waals surface area contributed by atoms with Gasteiger partial charge in [0.05, 0.1) is 23.4 Å². The van der Waals surface area contributed by atoms with Gasteiger partial charge in [-0.05, 0) is 25.5 Å². The largest absolute Gasteiger partial charge is 0.354 e. The first-order chi connectivity index (χ1) is 9.96. The molecule has 5 nitrogen and oxygen atoms in total. The highest BCUT2D eigenvalue weighted by atomic mass is 35.5. The van der Waals surface area contributed by atoms with E-state index in [0.29, 0.717) is 11.3 Å². The Labute approximate surface area is 128 Å². The Morgan fingerprint density at radius 1 is 1.38 bits per heavy atom. The molecular formula is C15H14ClN5. The van der Waals surface area contributed by atoms with E-state index < -0.39 is 5.41 Å². The van der Waals surface area contributed by atoms with Gasteiger partial charge in [0.25, 0.3) is 0 Å². The molecule has 0 fully saturated rings. The minimum atomic E-state index is -0.606. The molecule has 2 aromatic rings. The number of halogens is 1. The third kappa shape index (κ3) is 3.36. The van der Waals surface area contributed by atoms with Crippen molar-refractivity contribution in [2.45, 2.75) is 19.3 Å². The Morgan fingerprint density at radius 2 is 2.14 bits per heavy atom. The molecule has 0 spiro atoms. The van der Waals surface area contributed by atoms with Crippen LogP contribution in [0.3, 0.4) is 0 Å². The predicted molar refractivity (Wildman–Crippen MR) is 83.3 cm³/mol. The molecule has 0 atom stereocenters.